The van der Waals surface area contributed by atoms with Crippen molar-refractivity contribution in [2.45, 2.75) is 28.7 Å². The number of nitrogens with one attached hydrogen (secondary N) is 1. The number of nitrogens with zero attached hydrogens (tertiary/aromatic N) is 2. The Morgan fingerprint density at radius 3 is 2.56 bits per heavy atom. The van der Waals surface area contributed by atoms with Crippen molar-refractivity contribution >= 4 is 29.3 Å². The van der Waals surface area contributed by atoms with Gasteiger partial charge in [0.25, 0.3) is 5.91 Å². The van der Waals surface area contributed by atoms with Crippen LogP contribution in [0.3, 0.4) is 0 Å². The number of rotatable bonds is 4. The Morgan fingerprint density at radius 1 is 1.16 bits per heavy atom. The molecule has 1 unspecified atom stereocenters. The fourth-order valence-corrected chi connectivity index (χ4v) is 4.72. The standard InChI is InChI=1S/C19H20ClN3OS/c20-15-9-17(11-21-10-15)25-16-3-1-14(2-4-16)19(24)22-18-12-23-7-5-13(18)6-8-23/h1-4,9-11,13,18H,5-8,12H2,(H,22,24). The summed E-state index contributed by atoms with van der Waals surface area (Å²) in [6, 6.07) is 9.89. The second-order valence-corrected chi connectivity index (χ2v) is 8.27. The van der Waals surface area contributed by atoms with E-state index in [1.165, 1.54) is 25.9 Å². The zero-order valence-corrected chi connectivity index (χ0v) is 15.4. The van der Waals surface area contributed by atoms with Gasteiger partial charge in [-0.2, -0.15) is 0 Å². The number of pyridine rings is 1. The van der Waals surface area contributed by atoms with Gasteiger partial charge in [-0.05, 0) is 62.2 Å². The molecule has 6 heteroatoms. The second-order valence-electron chi connectivity index (χ2n) is 6.68. The number of hydrogen-bond acceptors (Lipinski definition) is 4. The molecule has 0 spiro atoms. The molecule has 4 heterocycles. The minimum absolute atomic E-state index is 0.0275. The average Bonchev–Trinajstić information content (AvgIpc) is 2.63. The first-order valence-corrected chi connectivity index (χ1v) is 9.78. The van der Waals surface area contributed by atoms with Gasteiger partial charge in [0, 0.05) is 40.3 Å². The minimum atomic E-state index is 0.0275. The lowest BCUT2D eigenvalue weighted by Gasteiger charge is -2.44. The maximum absolute atomic E-state index is 12.5. The molecule has 1 amide bonds. The number of amides is 1. The van der Waals surface area contributed by atoms with Crippen LogP contribution in [-0.2, 0) is 0 Å². The van der Waals surface area contributed by atoms with Crippen LogP contribution in [0.25, 0.3) is 0 Å². The maximum Gasteiger partial charge on any atom is 0.251 e. The second kappa shape index (κ2) is 7.36. The van der Waals surface area contributed by atoms with E-state index in [1.54, 1.807) is 24.2 Å². The van der Waals surface area contributed by atoms with Gasteiger partial charge in [-0.1, -0.05) is 23.4 Å². The smallest absolute Gasteiger partial charge is 0.251 e. The number of piperidine rings is 3. The SMILES string of the molecule is O=C(NC1CN2CCC1CC2)c1ccc(Sc2cncc(Cl)c2)cc1. The van der Waals surface area contributed by atoms with Crippen LogP contribution >= 0.6 is 23.4 Å². The Hall–Kier alpha value is -1.56. The Kier molecular flexibility index (Phi) is 4.97. The van der Waals surface area contributed by atoms with Crippen LogP contribution in [0.1, 0.15) is 23.2 Å². The van der Waals surface area contributed by atoms with Crippen molar-refractivity contribution in [1.29, 1.82) is 0 Å². The van der Waals surface area contributed by atoms with Gasteiger partial charge in [0.15, 0.2) is 0 Å². The predicted molar refractivity (Wildman–Crippen MR) is 100 cm³/mol. The molecule has 3 fully saturated rings. The fraction of sp³-hybridized carbons (Fsp3) is 0.368. The molecule has 1 N–H and O–H groups in total. The van der Waals surface area contributed by atoms with Crippen LogP contribution < -0.4 is 5.32 Å². The number of fused-ring (bicyclic) bond motifs is 3. The first-order chi connectivity index (χ1) is 12.2. The summed E-state index contributed by atoms with van der Waals surface area (Å²) in [6.45, 7) is 3.36. The van der Waals surface area contributed by atoms with Crippen molar-refractivity contribution in [2.75, 3.05) is 19.6 Å². The molecular weight excluding hydrogens is 354 g/mol. The molecule has 130 valence electrons. The molecular formula is C19H20ClN3OS. The number of hydrogen-bond donors (Lipinski definition) is 1. The molecule has 1 aromatic heterocycles. The Labute approximate surface area is 157 Å². The van der Waals surface area contributed by atoms with Crippen molar-refractivity contribution < 1.29 is 4.79 Å². The topological polar surface area (TPSA) is 45.2 Å². The molecule has 0 saturated carbocycles. The Morgan fingerprint density at radius 2 is 1.92 bits per heavy atom. The van der Waals surface area contributed by atoms with Gasteiger partial charge in [-0.25, -0.2) is 0 Å². The highest BCUT2D eigenvalue weighted by molar-refractivity contribution is 7.99. The highest BCUT2D eigenvalue weighted by Gasteiger charge is 2.34. The normalized spacial score (nSPS) is 24.9. The molecule has 25 heavy (non-hydrogen) atoms. The molecule has 3 saturated heterocycles. The van der Waals surface area contributed by atoms with Gasteiger partial charge >= 0.3 is 0 Å². The molecule has 0 radical (unpaired) electrons. The third-order valence-electron chi connectivity index (χ3n) is 5.00. The quantitative estimate of drug-likeness (QED) is 0.887. The van der Waals surface area contributed by atoms with E-state index in [1.807, 2.05) is 30.3 Å². The van der Waals surface area contributed by atoms with E-state index in [-0.39, 0.29) is 5.91 Å². The molecule has 1 aromatic carbocycles. The van der Waals surface area contributed by atoms with Crippen LogP contribution in [0.15, 0.2) is 52.5 Å². The zero-order valence-electron chi connectivity index (χ0n) is 13.8. The summed E-state index contributed by atoms with van der Waals surface area (Å²) < 4.78 is 0. The molecule has 4 nitrogen and oxygen atoms in total. The fourth-order valence-electron chi connectivity index (χ4n) is 3.64. The van der Waals surface area contributed by atoms with Crippen LogP contribution in [0.5, 0.6) is 0 Å². The minimum Gasteiger partial charge on any atom is -0.348 e. The number of carbonyl (C=O) groups excluding carboxylic acids is 1. The third kappa shape index (κ3) is 4.00. The van der Waals surface area contributed by atoms with Gasteiger partial charge in [0.05, 0.1) is 5.02 Å². The van der Waals surface area contributed by atoms with Crippen molar-refractivity contribution in [3.8, 4) is 0 Å². The monoisotopic (exact) mass is 373 g/mol. The molecule has 0 aliphatic carbocycles. The molecule has 1 atom stereocenters. The van der Waals surface area contributed by atoms with Crippen LogP contribution in [0, 0.1) is 5.92 Å². The van der Waals surface area contributed by atoms with E-state index >= 15 is 0 Å². The first-order valence-electron chi connectivity index (χ1n) is 8.59. The van der Waals surface area contributed by atoms with Crippen LogP contribution in [0.4, 0.5) is 0 Å². The summed E-state index contributed by atoms with van der Waals surface area (Å²) in [6.07, 6.45) is 5.81. The summed E-state index contributed by atoms with van der Waals surface area (Å²) in [5.74, 6) is 0.666. The molecule has 2 aromatic rings. The molecule has 2 bridgehead atoms. The van der Waals surface area contributed by atoms with E-state index < -0.39 is 0 Å². The predicted octanol–water partition coefficient (Wildman–Crippen LogP) is 3.71. The van der Waals surface area contributed by atoms with Crippen LogP contribution in [-0.4, -0.2) is 41.5 Å². The van der Waals surface area contributed by atoms with Gasteiger partial charge in [-0.15, -0.1) is 0 Å². The van der Waals surface area contributed by atoms with Gasteiger partial charge in [0.1, 0.15) is 0 Å². The van der Waals surface area contributed by atoms with E-state index in [9.17, 15) is 4.79 Å². The lowest BCUT2D eigenvalue weighted by Crippen LogP contribution is -2.57. The third-order valence-corrected chi connectivity index (χ3v) is 6.18. The molecule has 3 aliphatic heterocycles. The van der Waals surface area contributed by atoms with E-state index in [2.05, 4.69) is 15.2 Å². The maximum atomic E-state index is 12.5. The molecule has 5 rings (SSSR count). The van der Waals surface area contributed by atoms with Gasteiger partial charge < -0.3 is 10.2 Å². The van der Waals surface area contributed by atoms with E-state index in [0.29, 0.717) is 22.5 Å². The highest BCUT2D eigenvalue weighted by Crippen LogP contribution is 2.29. The lowest BCUT2D eigenvalue weighted by atomic mass is 9.84. The van der Waals surface area contributed by atoms with Crippen molar-refractivity contribution in [3.05, 3.63) is 53.3 Å². The first kappa shape index (κ1) is 16.9. The van der Waals surface area contributed by atoms with Crippen molar-refractivity contribution in [2.24, 2.45) is 5.92 Å². The average molecular weight is 374 g/mol. The number of halogens is 1. The van der Waals surface area contributed by atoms with Crippen molar-refractivity contribution in [1.82, 2.24) is 15.2 Å². The van der Waals surface area contributed by atoms with Gasteiger partial charge in [0.2, 0.25) is 0 Å². The Bertz CT molecular complexity index is 760. The highest BCUT2D eigenvalue weighted by atomic mass is 35.5. The van der Waals surface area contributed by atoms with E-state index in [4.69, 9.17) is 11.6 Å². The number of aromatic nitrogens is 1. The van der Waals surface area contributed by atoms with Gasteiger partial charge in [-0.3, -0.25) is 9.78 Å². The van der Waals surface area contributed by atoms with Crippen LogP contribution in [0.2, 0.25) is 5.02 Å². The van der Waals surface area contributed by atoms with E-state index in [0.717, 1.165) is 16.3 Å². The molecule has 3 aliphatic rings. The largest absolute Gasteiger partial charge is 0.348 e. The summed E-state index contributed by atoms with van der Waals surface area (Å²) in [5.41, 5.74) is 0.713. The zero-order chi connectivity index (χ0) is 17.2. The number of benzene rings is 1. The lowest BCUT2D eigenvalue weighted by molar-refractivity contribution is 0.0620. The summed E-state index contributed by atoms with van der Waals surface area (Å²) in [7, 11) is 0. The Balaban J connectivity index is 1.39. The summed E-state index contributed by atoms with van der Waals surface area (Å²) in [4.78, 5) is 21.1. The number of carbonyl (C=O) groups is 1. The summed E-state index contributed by atoms with van der Waals surface area (Å²) in [5, 5.41) is 3.85. The van der Waals surface area contributed by atoms with Crippen molar-refractivity contribution in [3.63, 3.8) is 0 Å². The summed E-state index contributed by atoms with van der Waals surface area (Å²) >= 11 is 7.55.